The van der Waals surface area contributed by atoms with Crippen LogP contribution in [0.5, 0.6) is 0 Å². The summed E-state index contributed by atoms with van der Waals surface area (Å²) >= 11 is 0. The molecule has 1 fully saturated rings. The van der Waals surface area contributed by atoms with E-state index < -0.39 is 18.0 Å². The van der Waals surface area contributed by atoms with Crippen LogP contribution in [-0.4, -0.2) is 29.7 Å². The van der Waals surface area contributed by atoms with Crippen LogP contribution >= 0.6 is 0 Å². The first kappa shape index (κ1) is 14.8. The lowest BCUT2D eigenvalue weighted by atomic mass is 10.0. The number of carboxylic acid groups (broad SMARTS) is 1. The van der Waals surface area contributed by atoms with Crippen LogP contribution in [0.15, 0.2) is 0 Å². The minimum absolute atomic E-state index is 0.219. The van der Waals surface area contributed by atoms with Crippen molar-refractivity contribution in [3.63, 3.8) is 0 Å². The van der Waals surface area contributed by atoms with E-state index in [-0.39, 0.29) is 10.8 Å². The molecule has 0 unspecified atom stereocenters. The lowest BCUT2D eigenvalue weighted by Gasteiger charge is -2.13. The second-order valence-electron chi connectivity index (χ2n) is 6.15. The molecule has 0 aromatic rings. The third kappa shape index (κ3) is 2.60. The molecule has 0 aromatic carbocycles. The third-order valence-electron chi connectivity index (χ3n) is 4.80. The Labute approximate surface area is 108 Å². The maximum Gasteiger partial charge on any atom is 0.326 e. The maximum absolute atomic E-state index is 11.6. The Kier molecular flexibility index (Phi) is 3.93. The van der Waals surface area contributed by atoms with Crippen molar-refractivity contribution < 1.29 is 14.7 Å². The molecule has 0 radical (unpaired) electrons. The van der Waals surface area contributed by atoms with Crippen LogP contribution in [-0.2, 0) is 4.79 Å². The van der Waals surface area contributed by atoms with Crippen molar-refractivity contribution in [3.8, 4) is 0 Å². The molecule has 0 spiro atoms. The molecule has 0 bridgehead atoms. The van der Waals surface area contributed by atoms with Gasteiger partial charge in [0.15, 0.2) is 0 Å². The third-order valence-corrected chi connectivity index (χ3v) is 4.80. The quantitative estimate of drug-likeness (QED) is 0.702. The SMILES string of the molecule is CC[C@@H](NC(=O)NCC1C(C)(C)C1(C)C)C(=O)O. The van der Waals surface area contributed by atoms with Gasteiger partial charge in [0.1, 0.15) is 6.04 Å². The number of carbonyl (C=O) groups excluding carboxylic acids is 1. The standard InChI is InChI=1S/C13H24N2O3/c1-6-8(10(16)17)15-11(18)14-7-9-12(2,3)13(9,4)5/h8-9H,6-7H2,1-5H3,(H,16,17)(H2,14,15,18)/t8-/m1/s1. The van der Waals surface area contributed by atoms with Gasteiger partial charge < -0.3 is 15.7 Å². The van der Waals surface area contributed by atoms with Crippen molar-refractivity contribution in [1.82, 2.24) is 10.6 Å². The topological polar surface area (TPSA) is 78.4 Å². The Balaban J connectivity index is 2.38. The normalized spacial score (nSPS) is 22.1. The van der Waals surface area contributed by atoms with E-state index in [4.69, 9.17) is 5.11 Å². The molecule has 1 aliphatic carbocycles. The molecule has 0 aromatic heterocycles. The van der Waals surface area contributed by atoms with Crippen molar-refractivity contribution in [3.05, 3.63) is 0 Å². The number of urea groups is 1. The van der Waals surface area contributed by atoms with E-state index in [0.29, 0.717) is 18.9 Å². The zero-order valence-corrected chi connectivity index (χ0v) is 11.8. The van der Waals surface area contributed by atoms with E-state index in [2.05, 4.69) is 38.3 Å². The summed E-state index contributed by atoms with van der Waals surface area (Å²) in [7, 11) is 0. The second-order valence-corrected chi connectivity index (χ2v) is 6.15. The van der Waals surface area contributed by atoms with E-state index in [1.807, 2.05) is 0 Å². The number of carbonyl (C=O) groups is 2. The number of amides is 2. The fourth-order valence-electron chi connectivity index (χ4n) is 2.59. The summed E-state index contributed by atoms with van der Waals surface area (Å²) in [4.78, 5) is 22.4. The number of aliphatic carboxylic acids is 1. The molecule has 18 heavy (non-hydrogen) atoms. The Bertz CT molecular complexity index is 336. The average molecular weight is 256 g/mol. The molecule has 5 heteroatoms. The van der Waals surface area contributed by atoms with Crippen molar-refractivity contribution in [2.45, 2.75) is 47.1 Å². The van der Waals surface area contributed by atoms with Gasteiger partial charge in [-0.2, -0.15) is 0 Å². The van der Waals surface area contributed by atoms with Gasteiger partial charge in [0.25, 0.3) is 0 Å². The summed E-state index contributed by atoms with van der Waals surface area (Å²) in [6.07, 6.45) is 0.378. The van der Waals surface area contributed by atoms with Gasteiger partial charge in [-0.25, -0.2) is 9.59 Å². The molecule has 0 saturated heterocycles. The first-order valence-electron chi connectivity index (χ1n) is 6.41. The van der Waals surface area contributed by atoms with Crippen molar-refractivity contribution in [1.29, 1.82) is 0 Å². The average Bonchev–Trinajstić information content (AvgIpc) is 2.63. The van der Waals surface area contributed by atoms with E-state index in [0.717, 1.165) is 0 Å². The summed E-state index contributed by atoms with van der Waals surface area (Å²) in [5.74, 6) is -0.569. The fourth-order valence-corrected chi connectivity index (χ4v) is 2.59. The Hall–Kier alpha value is -1.26. The van der Waals surface area contributed by atoms with Crippen molar-refractivity contribution in [2.75, 3.05) is 6.54 Å². The van der Waals surface area contributed by atoms with Gasteiger partial charge in [-0.1, -0.05) is 34.6 Å². The van der Waals surface area contributed by atoms with E-state index in [9.17, 15) is 9.59 Å². The van der Waals surface area contributed by atoms with E-state index in [1.165, 1.54) is 0 Å². The van der Waals surface area contributed by atoms with E-state index in [1.54, 1.807) is 6.92 Å². The van der Waals surface area contributed by atoms with Crippen LogP contribution in [0, 0.1) is 16.7 Å². The molecule has 1 atom stereocenters. The number of hydrogen-bond acceptors (Lipinski definition) is 2. The maximum atomic E-state index is 11.6. The Morgan fingerprint density at radius 2 is 1.72 bits per heavy atom. The molecule has 104 valence electrons. The number of rotatable bonds is 5. The molecule has 0 heterocycles. The predicted octanol–water partition coefficient (Wildman–Crippen LogP) is 1.83. The minimum atomic E-state index is -1.00. The van der Waals surface area contributed by atoms with Gasteiger partial charge in [-0.3, -0.25) is 0 Å². The van der Waals surface area contributed by atoms with Gasteiger partial charge in [-0.15, -0.1) is 0 Å². The molecule has 5 nitrogen and oxygen atoms in total. The molecule has 0 aliphatic heterocycles. The number of carboxylic acids is 1. The minimum Gasteiger partial charge on any atom is -0.480 e. The van der Waals surface area contributed by atoms with Gasteiger partial charge in [0.2, 0.25) is 0 Å². The largest absolute Gasteiger partial charge is 0.480 e. The number of hydrogen-bond donors (Lipinski definition) is 3. The summed E-state index contributed by atoms with van der Waals surface area (Å²) in [6, 6.07) is -1.21. The first-order valence-corrected chi connectivity index (χ1v) is 6.41. The van der Waals surface area contributed by atoms with Gasteiger partial charge >= 0.3 is 12.0 Å². The Morgan fingerprint density at radius 3 is 2.06 bits per heavy atom. The van der Waals surface area contributed by atoms with Crippen LogP contribution in [0.25, 0.3) is 0 Å². The van der Waals surface area contributed by atoms with Crippen LogP contribution in [0.4, 0.5) is 4.79 Å². The van der Waals surface area contributed by atoms with Crippen molar-refractivity contribution >= 4 is 12.0 Å². The van der Waals surface area contributed by atoms with Crippen LogP contribution in [0.3, 0.4) is 0 Å². The molecule has 1 rings (SSSR count). The summed E-state index contributed by atoms with van der Waals surface area (Å²) in [6.45, 7) is 11.0. The fraction of sp³-hybridized carbons (Fsp3) is 0.846. The van der Waals surface area contributed by atoms with Gasteiger partial charge in [0, 0.05) is 6.54 Å². The highest BCUT2D eigenvalue weighted by atomic mass is 16.4. The number of nitrogens with one attached hydrogen (secondary N) is 2. The first-order chi connectivity index (χ1) is 8.14. The molecule has 1 aliphatic rings. The molecular formula is C13H24N2O3. The second kappa shape index (κ2) is 4.78. The highest BCUT2D eigenvalue weighted by Crippen LogP contribution is 2.67. The molecule has 2 amide bonds. The molecule has 3 N–H and O–H groups in total. The van der Waals surface area contributed by atoms with Crippen LogP contribution < -0.4 is 10.6 Å². The van der Waals surface area contributed by atoms with Crippen LogP contribution in [0.1, 0.15) is 41.0 Å². The lowest BCUT2D eigenvalue weighted by Crippen LogP contribution is -2.46. The summed E-state index contributed by atoms with van der Waals surface area (Å²) in [5, 5.41) is 14.1. The zero-order valence-electron chi connectivity index (χ0n) is 11.8. The van der Waals surface area contributed by atoms with Crippen LogP contribution in [0.2, 0.25) is 0 Å². The highest BCUT2D eigenvalue weighted by molar-refractivity contribution is 5.82. The monoisotopic (exact) mass is 256 g/mol. The smallest absolute Gasteiger partial charge is 0.326 e. The predicted molar refractivity (Wildman–Crippen MR) is 69.3 cm³/mol. The molecular weight excluding hydrogens is 232 g/mol. The van der Waals surface area contributed by atoms with Gasteiger partial charge in [-0.05, 0) is 23.2 Å². The molecule has 1 saturated carbocycles. The van der Waals surface area contributed by atoms with Crippen molar-refractivity contribution in [2.24, 2.45) is 16.7 Å². The lowest BCUT2D eigenvalue weighted by molar-refractivity contribution is -0.139. The zero-order chi connectivity index (χ0) is 14.1. The Morgan fingerprint density at radius 1 is 1.22 bits per heavy atom. The van der Waals surface area contributed by atoms with Gasteiger partial charge in [0.05, 0.1) is 0 Å². The highest BCUT2D eigenvalue weighted by Gasteiger charge is 2.64. The summed E-state index contributed by atoms with van der Waals surface area (Å²) in [5.41, 5.74) is 0.439. The summed E-state index contributed by atoms with van der Waals surface area (Å²) < 4.78 is 0. The van der Waals surface area contributed by atoms with E-state index >= 15 is 0 Å².